The quantitative estimate of drug-likeness (QED) is 0.724. The Morgan fingerprint density at radius 1 is 1.17 bits per heavy atom. The third-order valence-corrected chi connectivity index (χ3v) is 5.70. The van der Waals surface area contributed by atoms with Gasteiger partial charge in [-0.3, -0.25) is 4.79 Å². The smallest absolute Gasteiger partial charge is 0.258 e. The number of anilines is 1. The first-order chi connectivity index (χ1) is 14.1. The van der Waals surface area contributed by atoms with Crippen LogP contribution in [0.4, 0.5) is 5.69 Å². The molecule has 0 radical (unpaired) electrons. The van der Waals surface area contributed by atoms with E-state index in [1.807, 2.05) is 53.4 Å². The van der Waals surface area contributed by atoms with Crippen LogP contribution >= 0.6 is 0 Å². The Balaban J connectivity index is 1.64. The van der Waals surface area contributed by atoms with E-state index in [4.69, 9.17) is 14.2 Å². The van der Waals surface area contributed by atoms with Gasteiger partial charge in [0, 0.05) is 25.9 Å². The zero-order valence-corrected chi connectivity index (χ0v) is 17.0. The second-order valence-electron chi connectivity index (χ2n) is 7.66. The van der Waals surface area contributed by atoms with E-state index >= 15 is 0 Å². The molecule has 0 aromatic heterocycles. The van der Waals surface area contributed by atoms with Gasteiger partial charge in [0.2, 0.25) is 0 Å². The van der Waals surface area contributed by atoms with Crippen molar-refractivity contribution in [2.24, 2.45) is 0 Å². The molecule has 1 amide bonds. The maximum atomic E-state index is 13.4. The van der Waals surface area contributed by atoms with E-state index in [1.54, 1.807) is 7.11 Å². The zero-order valence-electron chi connectivity index (χ0n) is 17.0. The number of carbonyl (C=O) groups excluding carboxylic acids is 1. The predicted molar refractivity (Wildman–Crippen MR) is 111 cm³/mol. The number of para-hydroxylation sites is 1. The molecule has 4 rings (SSSR count). The summed E-state index contributed by atoms with van der Waals surface area (Å²) in [6, 6.07) is 15.6. The van der Waals surface area contributed by atoms with Crippen LogP contribution in [0.15, 0.2) is 48.5 Å². The minimum atomic E-state index is -0.678. The molecule has 1 N–H and O–H groups in total. The summed E-state index contributed by atoms with van der Waals surface area (Å²) in [5.74, 6) is 0.806. The van der Waals surface area contributed by atoms with Gasteiger partial charge in [0.25, 0.3) is 5.91 Å². The van der Waals surface area contributed by atoms with Crippen molar-refractivity contribution in [1.82, 2.24) is 4.90 Å². The molecule has 2 aliphatic heterocycles. The Morgan fingerprint density at radius 2 is 1.97 bits per heavy atom. The number of nitrogens with one attached hydrogen (secondary N) is 1. The molecular formula is C23H28N2O4. The van der Waals surface area contributed by atoms with Crippen LogP contribution in [0.2, 0.25) is 0 Å². The normalized spacial score (nSPS) is 23.6. The highest BCUT2D eigenvalue weighted by Gasteiger charge is 2.43. The number of hydrogen-bond donors (Lipinski definition) is 1. The molecular weight excluding hydrogens is 368 g/mol. The third kappa shape index (κ3) is 3.95. The van der Waals surface area contributed by atoms with Crippen LogP contribution in [0.5, 0.6) is 5.75 Å². The Hall–Kier alpha value is -2.57. The first-order valence-electron chi connectivity index (χ1n) is 10.1. The SMILES string of the molecule is COCCOc1ccc(C2(C)Nc3ccccc3C(=O)N2CC2CCCO2)cc1. The lowest BCUT2D eigenvalue weighted by atomic mass is 9.93. The van der Waals surface area contributed by atoms with Crippen molar-refractivity contribution in [3.8, 4) is 5.75 Å². The molecule has 2 aromatic rings. The number of fused-ring (bicyclic) bond motifs is 1. The molecule has 6 nitrogen and oxygen atoms in total. The Kier molecular flexibility index (Phi) is 5.74. The van der Waals surface area contributed by atoms with Crippen molar-refractivity contribution in [3.63, 3.8) is 0 Å². The molecule has 6 heteroatoms. The lowest BCUT2D eigenvalue weighted by Crippen LogP contribution is -2.57. The lowest BCUT2D eigenvalue weighted by Gasteiger charge is -2.47. The van der Waals surface area contributed by atoms with Crippen LogP contribution in [-0.2, 0) is 15.1 Å². The van der Waals surface area contributed by atoms with E-state index in [-0.39, 0.29) is 12.0 Å². The number of rotatable bonds is 7. The molecule has 0 bridgehead atoms. The van der Waals surface area contributed by atoms with Gasteiger partial charge in [-0.2, -0.15) is 0 Å². The van der Waals surface area contributed by atoms with Crippen LogP contribution in [0.3, 0.4) is 0 Å². The summed E-state index contributed by atoms with van der Waals surface area (Å²) in [6.45, 7) is 4.42. The van der Waals surface area contributed by atoms with Gasteiger partial charge >= 0.3 is 0 Å². The first-order valence-corrected chi connectivity index (χ1v) is 10.1. The molecule has 0 aliphatic carbocycles. The van der Waals surface area contributed by atoms with Crippen LogP contribution in [0.25, 0.3) is 0 Å². The Labute approximate surface area is 171 Å². The number of hydrogen-bond acceptors (Lipinski definition) is 5. The average Bonchev–Trinajstić information content (AvgIpc) is 3.25. The van der Waals surface area contributed by atoms with Crippen molar-refractivity contribution in [2.75, 3.05) is 38.8 Å². The second kappa shape index (κ2) is 8.43. The molecule has 1 saturated heterocycles. The van der Waals surface area contributed by atoms with Gasteiger partial charge in [0.15, 0.2) is 0 Å². The molecule has 2 heterocycles. The summed E-state index contributed by atoms with van der Waals surface area (Å²) in [4.78, 5) is 15.3. The minimum absolute atomic E-state index is 0.0257. The van der Waals surface area contributed by atoms with Gasteiger partial charge in [0.05, 0.1) is 18.3 Å². The highest BCUT2D eigenvalue weighted by molar-refractivity contribution is 6.02. The topological polar surface area (TPSA) is 60.0 Å². The van der Waals surface area contributed by atoms with Gasteiger partial charge in [-0.05, 0) is 49.6 Å². The third-order valence-electron chi connectivity index (χ3n) is 5.70. The van der Waals surface area contributed by atoms with Gasteiger partial charge < -0.3 is 24.4 Å². The standard InChI is InChI=1S/C23H28N2O4/c1-23(17-9-11-18(12-10-17)29-15-14-27-2)24-21-8-4-3-7-20(21)22(26)25(23)16-19-6-5-13-28-19/h3-4,7-12,19,24H,5-6,13-16H2,1-2H3. The van der Waals surface area contributed by atoms with Gasteiger partial charge in [0.1, 0.15) is 18.0 Å². The van der Waals surface area contributed by atoms with Crippen molar-refractivity contribution in [2.45, 2.75) is 31.5 Å². The zero-order chi connectivity index (χ0) is 20.3. The largest absolute Gasteiger partial charge is 0.491 e. The van der Waals surface area contributed by atoms with Crippen LogP contribution in [0, 0.1) is 0 Å². The second-order valence-corrected chi connectivity index (χ2v) is 7.66. The molecule has 0 spiro atoms. The van der Waals surface area contributed by atoms with Crippen molar-refractivity contribution >= 4 is 11.6 Å². The van der Waals surface area contributed by atoms with Gasteiger partial charge in [-0.1, -0.05) is 24.3 Å². The molecule has 2 unspecified atom stereocenters. The summed E-state index contributed by atoms with van der Waals surface area (Å²) in [5, 5.41) is 3.60. The van der Waals surface area contributed by atoms with E-state index in [0.717, 1.165) is 36.4 Å². The monoisotopic (exact) mass is 396 g/mol. The number of ether oxygens (including phenoxy) is 3. The Bertz CT molecular complexity index is 848. The molecule has 2 aliphatic rings. The van der Waals surface area contributed by atoms with E-state index < -0.39 is 5.66 Å². The lowest BCUT2D eigenvalue weighted by molar-refractivity contribution is 0.0242. The summed E-state index contributed by atoms with van der Waals surface area (Å²) < 4.78 is 16.6. The van der Waals surface area contributed by atoms with Gasteiger partial charge in [-0.25, -0.2) is 0 Å². The minimum Gasteiger partial charge on any atom is -0.491 e. The molecule has 29 heavy (non-hydrogen) atoms. The molecule has 1 fully saturated rings. The Morgan fingerprint density at radius 3 is 2.69 bits per heavy atom. The summed E-state index contributed by atoms with van der Waals surface area (Å²) in [5.41, 5.74) is 1.87. The molecule has 0 saturated carbocycles. The maximum Gasteiger partial charge on any atom is 0.258 e. The number of methoxy groups -OCH3 is 1. The van der Waals surface area contributed by atoms with E-state index in [0.29, 0.717) is 25.3 Å². The van der Waals surface area contributed by atoms with Crippen molar-refractivity contribution in [1.29, 1.82) is 0 Å². The predicted octanol–water partition coefficient (Wildman–Crippen LogP) is 3.63. The molecule has 2 atom stereocenters. The van der Waals surface area contributed by atoms with Gasteiger partial charge in [-0.15, -0.1) is 0 Å². The van der Waals surface area contributed by atoms with Crippen molar-refractivity contribution < 1.29 is 19.0 Å². The number of benzene rings is 2. The fourth-order valence-electron chi connectivity index (χ4n) is 4.06. The van der Waals surface area contributed by atoms with Crippen LogP contribution in [-0.4, -0.2) is 50.4 Å². The van der Waals surface area contributed by atoms with E-state index in [1.165, 1.54) is 0 Å². The molecule has 154 valence electrons. The highest BCUT2D eigenvalue weighted by Crippen LogP contribution is 2.39. The summed E-state index contributed by atoms with van der Waals surface area (Å²) >= 11 is 0. The maximum absolute atomic E-state index is 13.4. The summed E-state index contributed by atoms with van der Waals surface area (Å²) in [6.07, 6.45) is 2.09. The van der Waals surface area contributed by atoms with Crippen LogP contribution in [0.1, 0.15) is 35.7 Å². The number of amides is 1. The average molecular weight is 396 g/mol. The van der Waals surface area contributed by atoms with Crippen LogP contribution < -0.4 is 10.1 Å². The fraction of sp³-hybridized carbons (Fsp3) is 0.435. The van der Waals surface area contributed by atoms with Crippen molar-refractivity contribution in [3.05, 3.63) is 59.7 Å². The first kappa shape index (κ1) is 19.7. The van der Waals surface area contributed by atoms with E-state index in [2.05, 4.69) is 12.2 Å². The highest BCUT2D eigenvalue weighted by atomic mass is 16.5. The van der Waals surface area contributed by atoms with E-state index in [9.17, 15) is 4.79 Å². The summed E-state index contributed by atoms with van der Waals surface area (Å²) in [7, 11) is 1.65. The number of nitrogens with zero attached hydrogens (tertiary/aromatic N) is 1. The number of carbonyl (C=O) groups is 1. The molecule has 2 aromatic carbocycles. The fourth-order valence-corrected chi connectivity index (χ4v) is 4.06.